The molecule has 0 spiro atoms. The van der Waals surface area contributed by atoms with E-state index in [1.165, 1.54) is 11.3 Å². The monoisotopic (exact) mass is 162 g/mol. The summed E-state index contributed by atoms with van der Waals surface area (Å²) >= 11 is 0. The molecule has 0 aliphatic rings. The second-order valence-corrected chi connectivity index (χ2v) is 2.84. The maximum Gasteiger partial charge on any atom is 0.207 e. The van der Waals surface area contributed by atoms with Crippen LogP contribution in [0, 0.1) is 0 Å². The van der Waals surface area contributed by atoms with E-state index in [2.05, 4.69) is 55.8 Å². The molecule has 0 bridgehead atoms. The third-order valence-electron chi connectivity index (χ3n) is 2.12. The molecule has 1 aromatic rings. The van der Waals surface area contributed by atoms with Crippen molar-refractivity contribution in [3.8, 4) is 0 Å². The smallest absolute Gasteiger partial charge is 0.199 e. The van der Waals surface area contributed by atoms with Gasteiger partial charge in [-0.15, -0.1) is 0 Å². The molecular weight excluding hydrogens is 146 g/mol. The predicted molar refractivity (Wildman–Crippen MR) is 51.6 cm³/mol. The molecule has 0 saturated carbocycles. The zero-order valence-electron chi connectivity index (χ0n) is 8.04. The van der Waals surface area contributed by atoms with Gasteiger partial charge in [-0.1, -0.05) is 6.08 Å². The highest BCUT2D eigenvalue weighted by Crippen LogP contribution is 2.07. The van der Waals surface area contributed by atoms with Gasteiger partial charge in [0.25, 0.3) is 0 Å². The quantitative estimate of drug-likeness (QED) is 0.588. The van der Waals surface area contributed by atoms with Gasteiger partial charge < -0.3 is 0 Å². The number of aromatic nitrogens is 1. The van der Waals surface area contributed by atoms with Gasteiger partial charge in [-0.3, -0.25) is 0 Å². The Kier molecular flexibility index (Phi) is 3.03. The van der Waals surface area contributed by atoms with Gasteiger partial charge in [0.1, 0.15) is 6.54 Å². The van der Waals surface area contributed by atoms with E-state index in [1.807, 2.05) is 0 Å². The molecule has 1 aromatic heterocycles. The van der Waals surface area contributed by atoms with Gasteiger partial charge in [0.2, 0.25) is 5.69 Å². The van der Waals surface area contributed by atoms with E-state index in [1.54, 1.807) is 0 Å². The molecule has 64 valence electrons. The number of allylic oxidation sites excluding steroid dienone is 2. The van der Waals surface area contributed by atoms with Crippen LogP contribution < -0.4 is 4.57 Å². The molecule has 0 aliphatic heterocycles. The van der Waals surface area contributed by atoms with Crippen molar-refractivity contribution in [1.29, 1.82) is 0 Å². The second-order valence-electron chi connectivity index (χ2n) is 2.84. The Bertz CT molecular complexity index is 287. The van der Waals surface area contributed by atoms with Crippen LogP contribution in [-0.2, 0) is 6.54 Å². The molecule has 12 heavy (non-hydrogen) atoms. The highest BCUT2D eigenvalue weighted by atomic mass is 14.9. The molecule has 0 amide bonds. The van der Waals surface area contributed by atoms with Gasteiger partial charge in [-0.05, 0) is 26.8 Å². The van der Waals surface area contributed by atoms with Crippen LogP contribution in [0.15, 0.2) is 30.5 Å². The zero-order valence-corrected chi connectivity index (χ0v) is 8.04. The third-order valence-corrected chi connectivity index (χ3v) is 2.12. The Balaban J connectivity index is 3.13. The van der Waals surface area contributed by atoms with E-state index >= 15 is 0 Å². The van der Waals surface area contributed by atoms with Crippen molar-refractivity contribution < 1.29 is 4.57 Å². The first-order chi connectivity index (χ1) is 5.79. The lowest BCUT2D eigenvalue weighted by molar-refractivity contribution is -0.695. The highest BCUT2D eigenvalue weighted by molar-refractivity contribution is 5.57. The lowest BCUT2D eigenvalue weighted by Gasteiger charge is -2.00. The van der Waals surface area contributed by atoms with Crippen LogP contribution in [0.1, 0.15) is 26.5 Å². The Hall–Kier alpha value is -1.11. The number of rotatable bonds is 2. The molecule has 0 unspecified atom stereocenters. The van der Waals surface area contributed by atoms with Crippen molar-refractivity contribution in [2.75, 3.05) is 0 Å². The predicted octanol–water partition coefficient (Wildman–Crippen LogP) is 2.42. The second kappa shape index (κ2) is 4.05. The summed E-state index contributed by atoms with van der Waals surface area (Å²) in [6.07, 6.45) is 4.25. The molecule has 0 radical (unpaired) electrons. The van der Waals surface area contributed by atoms with Crippen LogP contribution in [0.5, 0.6) is 0 Å². The summed E-state index contributed by atoms with van der Waals surface area (Å²) < 4.78 is 2.25. The van der Waals surface area contributed by atoms with Crippen molar-refractivity contribution in [2.45, 2.75) is 27.3 Å². The van der Waals surface area contributed by atoms with Gasteiger partial charge in [0.05, 0.1) is 0 Å². The van der Waals surface area contributed by atoms with Crippen molar-refractivity contribution in [2.24, 2.45) is 0 Å². The number of pyridine rings is 1. The highest BCUT2D eigenvalue weighted by Gasteiger charge is 2.07. The van der Waals surface area contributed by atoms with Gasteiger partial charge in [-0.25, -0.2) is 0 Å². The molecule has 0 N–H and O–H groups in total. The molecule has 1 rings (SSSR count). The van der Waals surface area contributed by atoms with Crippen LogP contribution in [-0.4, -0.2) is 0 Å². The summed E-state index contributed by atoms with van der Waals surface area (Å²) in [5, 5.41) is 0. The fraction of sp³-hybridized carbons (Fsp3) is 0.364. The van der Waals surface area contributed by atoms with Crippen LogP contribution in [0.4, 0.5) is 0 Å². The van der Waals surface area contributed by atoms with Gasteiger partial charge in [-0.2, -0.15) is 4.57 Å². The van der Waals surface area contributed by atoms with E-state index in [0.29, 0.717) is 0 Å². The van der Waals surface area contributed by atoms with Crippen molar-refractivity contribution in [3.05, 3.63) is 36.2 Å². The molecule has 0 atom stereocenters. The third kappa shape index (κ3) is 1.73. The lowest BCUT2D eigenvalue weighted by atomic mass is 10.2. The molecule has 0 fully saturated rings. The van der Waals surface area contributed by atoms with E-state index in [9.17, 15) is 0 Å². The van der Waals surface area contributed by atoms with Gasteiger partial charge in [0.15, 0.2) is 6.20 Å². The number of hydrogen-bond acceptors (Lipinski definition) is 0. The Morgan fingerprint density at radius 2 is 2.25 bits per heavy atom. The topological polar surface area (TPSA) is 3.88 Å². The van der Waals surface area contributed by atoms with Gasteiger partial charge in [0, 0.05) is 17.7 Å². The standard InChI is InChI=1S/C11H16N/c1-4-10(3)11-8-6-7-9-12(11)5-2/h4,6-9H,5H2,1-3H3/q+1. The van der Waals surface area contributed by atoms with E-state index in [0.717, 1.165) is 6.54 Å². The number of hydrogen-bond donors (Lipinski definition) is 0. The number of nitrogens with zero attached hydrogens (tertiary/aromatic N) is 1. The van der Waals surface area contributed by atoms with E-state index in [4.69, 9.17) is 0 Å². The first-order valence-electron chi connectivity index (χ1n) is 4.41. The molecule has 0 saturated heterocycles. The summed E-state index contributed by atoms with van der Waals surface area (Å²) in [5.41, 5.74) is 2.64. The molecule has 1 nitrogen and oxygen atoms in total. The Morgan fingerprint density at radius 3 is 2.83 bits per heavy atom. The lowest BCUT2D eigenvalue weighted by Crippen LogP contribution is -2.35. The van der Waals surface area contributed by atoms with Gasteiger partial charge >= 0.3 is 0 Å². The largest absolute Gasteiger partial charge is 0.207 e. The maximum absolute atomic E-state index is 2.25. The van der Waals surface area contributed by atoms with Crippen molar-refractivity contribution in [1.82, 2.24) is 0 Å². The fourth-order valence-corrected chi connectivity index (χ4v) is 1.26. The average molecular weight is 162 g/mol. The molecule has 0 aliphatic carbocycles. The first kappa shape index (κ1) is 8.98. The minimum absolute atomic E-state index is 1.03. The van der Waals surface area contributed by atoms with Crippen LogP contribution in [0.2, 0.25) is 0 Å². The molecule has 0 aromatic carbocycles. The average Bonchev–Trinajstić information content (AvgIpc) is 2.16. The number of aryl methyl sites for hydroxylation is 1. The molecule has 1 heteroatoms. The minimum Gasteiger partial charge on any atom is -0.199 e. The summed E-state index contributed by atoms with van der Waals surface area (Å²) in [6.45, 7) is 7.40. The fourth-order valence-electron chi connectivity index (χ4n) is 1.26. The molecule has 1 heterocycles. The molecular formula is C11H16N+. The summed E-state index contributed by atoms with van der Waals surface area (Å²) in [5.74, 6) is 0. The summed E-state index contributed by atoms with van der Waals surface area (Å²) in [4.78, 5) is 0. The van der Waals surface area contributed by atoms with Crippen LogP contribution in [0.25, 0.3) is 5.57 Å². The van der Waals surface area contributed by atoms with E-state index < -0.39 is 0 Å². The summed E-state index contributed by atoms with van der Waals surface area (Å²) in [7, 11) is 0. The maximum atomic E-state index is 2.25. The van der Waals surface area contributed by atoms with Crippen molar-refractivity contribution in [3.63, 3.8) is 0 Å². The summed E-state index contributed by atoms with van der Waals surface area (Å²) in [6, 6.07) is 6.29. The zero-order chi connectivity index (χ0) is 8.97. The van der Waals surface area contributed by atoms with E-state index in [-0.39, 0.29) is 0 Å². The first-order valence-corrected chi connectivity index (χ1v) is 4.41. The van der Waals surface area contributed by atoms with Crippen LogP contribution >= 0.6 is 0 Å². The normalized spacial score (nSPS) is 11.8. The minimum atomic E-state index is 1.03. The van der Waals surface area contributed by atoms with Crippen LogP contribution in [0.3, 0.4) is 0 Å². The Morgan fingerprint density at radius 1 is 1.50 bits per heavy atom. The van der Waals surface area contributed by atoms with Crippen molar-refractivity contribution >= 4 is 5.57 Å². The SMILES string of the molecule is CC=C(C)c1cccc[n+]1CC. The Labute approximate surface area is 74.4 Å².